The minimum absolute atomic E-state index is 0.579. The number of fused-ring (bicyclic) bond motifs is 12. The lowest BCUT2D eigenvalue weighted by Crippen LogP contribution is -2.26. The normalized spacial score (nSPS) is 17.4. The molecular weight excluding hydrogens is 585 g/mol. The molecule has 0 bridgehead atoms. The Kier molecular flexibility index (Phi) is 5.57. The predicted molar refractivity (Wildman–Crippen MR) is 197 cm³/mol. The number of furan rings is 1. The first-order valence-electron chi connectivity index (χ1n) is 16.5. The molecule has 0 N–H and O–H groups in total. The number of hydrogen-bond acceptors (Lipinski definition) is 2. The highest BCUT2D eigenvalue weighted by molar-refractivity contribution is 6.13. The topological polar surface area (TPSA) is 31.0 Å². The van der Waals surface area contributed by atoms with E-state index in [0.717, 1.165) is 61.2 Å². The number of nitrogens with zero attached hydrogens (tertiary/aromatic N) is 2. The molecule has 2 aliphatic carbocycles. The zero-order valence-electron chi connectivity index (χ0n) is 26.4. The van der Waals surface area contributed by atoms with Crippen LogP contribution in [0.4, 0.5) is 0 Å². The van der Waals surface area contributed by atoms with E-state index in [1.807, 2.05) is 6.07 Å². The molecule has 0 saturated carbocycles. The zero-order chi connectivity index (χ0) is 32.0. The Labute approximate surface area is 278 Å². The maximum absolute atomic E-state index is 6.67. The van der Waals surface area contributed by atoms with Crippen LogP contribution in [0.2, 0.25) is 0 Å². The van der Waals surface area contributed by atoms with Gasteiger partial charge in [0.25, 0.3) is 0 Å². The van der Waals surface area contributed by atoms with E-state index in [1.54, 1.807) is 0 Å². The van der Waals surface area contributed by atoms with Crippen LogP contribution < -0.4 is 0 Å². The Balaban J connectivity index is 1.32. The first-order valence-corrected chi connectivity index (χ1v) is 16.5. The lowest BCUT2D eigenvalue weighted by Gasteiger charge is -2.31. The van der Waals surface area contributed by atoms with Gasteiger partial charge in [-0.3, -0.25) is 4.57 Å². The van der Waals surface area contributed by atoms with Crippen molar-refractivity contribution in [1.29, 1.82) is 0 Å². The molecule has 0 fully saturated rings. The molecule has 226 valence electrons. The molecule has 0 saturated heterocycles. The van der Waals surface area contributed by atoms with E-state index in [2.05, 4.69) is 157 Å². The second kappa shape index (κ2) is 9.90. The first-order chi connectivity index (χ1) is 23.7. The molecule has 0 aliphatic heterocycles. The average Bonchev–Trinajstić information content (AvgIpc) is 3.86. The molecule has 0 amide bonds. The van der Waals surface area contributed by atoms with Gasteiger partial charge in [-0.25, -0.2) is 4.98 Å². The van der Waals surface area contributed by atoms with Crippen LogP contribution >= 0.6 is 0 Å². The van der Waals surface area contributed by atoms with E-state index >= 15 is 0 Å². The van der Waals surface area contributed by atoms with E-state index in [4.69, 9.17) is 16.0 Å². The number of benzene rings is 6. The Morgan fingerprint density at radius 2 is 1.48 bits per heavy atom. The summed E-state index contributed by atoms with van der Waals surface area (Å²) in [5, 5.41) is 2.24. The third-order valence-corrected chi connectivity index (χ3v) is 10.3. The van der Waals surface area contributed by atoms with Crippen molar-refractivity contribution in [1.82, 2.24) is 9.55 Å². The van der Waals surface area contributed by atoms with Crippen molar-refractivity contribution in [2.45, 2.75) is 12.3 Å². The van der Waals surface area contributed by atoms with Gasteiger partial charge in [0.1, 0.15) is 17.0 Å². The number of para-hydroxylation sites is 4. The van der Waals surface area contributed by atoms with Crippen LogP contribution in [0.5, 0.6) is 0 Å². The largest absolute Gasteiger partial charge is 0.455 e. The molecule has 2 aliphatic rings. The zero-order valence-corrected chi connectivity index (χ0v) is 26.4. The molecule has 1 unspecified atom stereocenters. The average molecular weight is 615 g/mol. The van der Waals surface area contributed by atoms with Gasteiger partial charge in [0.2, 0.25) is 0 Å². The summed E-state index contributed by atoms with van der Waals surface area (Å²) in [6.07, 6.45) is 6.49. The molecule has 10 rings (SSSR count). The maximum Gasteiger partial charge on any atom is 0.145 e. The van der Waals surface area contributed by atoms with Gasteiger partial charge in [0, 0.05) is 27.6 Å². The molecule has 48 heavy (non-hydrogen) atoms. The molecular formula is C45H30N2O. The molecule has 2 aromatic heterocycles. The number of rotatable bonds is 3. The van der Waals surface area contributed by atoms with E-state index < -0.39 is 5.41 Å². The Bertz CT molecular complexity index is 2700. The van der Waals surface area contributed by atoms with E-state index in [0.29, 0.717) is 0 Å². The molecule has 6 aromatic carbocycles. The molecule has 2 heterocycles. The van der Waals surface area contributed by atoms with E-state index in [9.17, 15) is 0 Å². The van der Waals surface area contributed by atoms with Crippen molar-refractivity contribution >= 4 is 38.5 Å². The monoisotopic (exact) mass is 614 g/mol. The standard InChI is InChI=1S/C45H30N2O/c1-3-4-18-35-28(2)42-37(26-25-34-33-17-9-13-22-41(33)48-43(34)42)45(35)36-19-10-8-16-31(36)32-24-23-29(27-38(32)45)44-46-39-20-11-12-21-40(39)47(44)30-14-6-5-7-15-30/h3-27H,2H2,1H3/b4-3-,35-18+. The molecule has 3 heteroatoms. The smallest absolute Gasteiger partial charge is 0.145 e. The van der Waals surface area contributed by atoms with Gasteiger partial charge in [0.05, 0.1) is 16.4 Å². The summed E-state index contributed by atoms with van der Waals surface area (Å²) in [5.41, 5.74) is 14.8. The van der Waals surface area contributed by atoms with Gasteiger partial charge in [-0.15, -0.1) is 0 Å². The summed E-state index contributed by atoms with van der Waals surface area (Å²) in [6.45, 7) is 6.86. The predicted octanol–water partition coefficient (Wildman–Crippen LogP) is 11.4. The van der Waals surface area contributed by atoms with Gasteiger partial charge in [-0.2, -0.15) is 0 Å². The lowest BCUT2D eigenvalue weighted by molar-refractivity contribution is 0.666. The van der Waals surface area contributed by atoms with Gasteiger partial charge >= 0.3 is 0 Å². The Morgan fingerprint density at radius 3 is 2.38 bits per heavy atom. The van der Waals surface area contributed by atoms with E-state index in [-0.39, 0.29) is 0 Å². The first kappa shape index (κ1) is 27.0. The minimum Gasteiger partial charge on any atom is -0.455 e. The Morgan fingerprint density at radius 1 is 0.708 bits per heavy atom. The van der Waals surface area contributed by atoms with Gasteiger partial charge in [-0.05, 0) is 82.3 Å². The van der Waals surface area contributed by atoms with Crippen LogP contribution in [-0.4, -0.2) is 9.55 Å². The van der Waals surface area contributed by atoms with Crippen molar-refractivity contribution < 1.29 is 4.42 Å². The maximum atomic E-state index is 6.67. The number of allylic oxidation sites excluding steroid dienone is 5. The van der Waals surface area contributed by atoms with Gasteiger partial charge in [-0.1, -0.05) is 122 Å². The fourth-order valence-corrected chi connectivity index (χ4v) is 8.38. The van der Waals surface area contributed by atoms with Crippen molar-refractivity contribution in [2.24, 2.45) is 0 Å². The fourth-order valence-electron chi connectivity index (χ4n) is 8.38. The number of imidazole rings is 1. The number of hydrogen-bond donors (Lipinski definition) is 0. The van der Waals surface area contributed by atoms with E-state index in [1.165, 1.54) is 33.4 Å². The highest BCUT2D eigenvalue weighted by Gasteiger charge is 2.54. The lowest BCUT2D eigenvalue weighted by atomic mass is 9.70. The summed E-state index contributed by atoms with van der Waals surface area (Å²) in [5.74, 6) is 0.917. The van der Waals surface area contributed by atoms with Crippen molar-refractivity contribution in [3.05, 3.63) is 186 Å². The minimum atomic E-state index is -0.579. The van der Waals surface area contributed by atoms with Crippen molar-refractivity contribution in [2.75, 3.05) is 0 Å². The van der Waals surface area contributed by atoms with Crippen LogP contribution in [0.15, 0.2) is 168 Å². The molecule has 1 atom stereocenters. The quantitative estimate of drug-likeness (QED) is 0.198. The second-order valence-electron chi connectivity index (χ2n) is 12.7. The molecule has 8 aromatic rings. The van der Waals surface area contributed by atoms with Gasteiger partial charge in [0.15, 0.2) is 0 Å². The highest BCUT2D eigenvalue weighted by atomic mass is 16.3. The fraction of sp³-hybridized carbons (Fsp3) is 0.0444. The summed E-state index contributed by atoms with van der Waals surface area (Å²) < 4.78 is 8.95. The third kappa shape index (κ3) is 3.40. The molecule has 0 radical (unpaired) electrons. The van der Waals surface area contributed by atoms with Crippen molar-refractivity contribution in [3.8, 4) is 28.2 Å². The number of aromatic nitrogens is 2. The van der Waals surface area contributed by atoms with Crippen LogP contribution in [0.25, 0.3) is 66.7 Å². The highest BCUT2D eigenvalue weighted by Crippen LogP contribution is 2.65. The summed E-state index contributed by atoms with van der Waals surface area (Å²) in [7, 11) is 0. The summed E-state index contributed by atoms with van der Waals surface area (Å²) in [6, 6.07) is 47.5. The van der Waals surface area contributed by atoms with Crippen LogP contribution in [0, 0.1) is 0 Å². The summed E-state index contributed by atoms with van der Waals surface area (Å²) in [4.78, 5) is 5.25. The van der Waals surface area contributed by atoms with Crippen LogP contribution in [-0.2, 0) is 5.41 Å². The second-order valence-corrected chi connectivity index (χ2v) is 12.7. The Hall–Kier alpha value is -6.19. The van der Waals surface area contributed by atoms with Crippen LogP contribution in [0.1, 0.15) is 29.2 Å². The SMILES string of the molecule is C=C1/C(=C\C=C/C)C2(c3ccccc3-c3ccc(-c4nc5ccccc5n4-c4ccccc4)cc32)c2ccc3c(oc4ccccc43)c21. The third-order valence-electron chi connectivity index (χ3n) is 10.3. The molecule has 3 nitrogen and oxygen atoms in total. The van der Waals surface area contributed by atoms with Crippen molar-refractivity contribution in [3.63, 3.8) is 0 Å². The van der Waals surface area contributed by atoms with Gasteiger partial charge < -0.3 is 4.42 Å². The van der Waals surface area contributed by atoms with Crippen LogP contribution in [0.3, 0.4) is 0 Å². The summed E-state index contributed by atoms with van der Waals surface area (Å²) >= 11 is 0. The molecule has 1 spiro atoms.